The lowest BCUT2D eigenvalue weighted by molar-refractivity contribution is 0.185. The zero-order chi connectivity index (χ0) is 17.2. The van der Waals surface area contributed by atoms with Crippen molar-refractivity contribution >= 4 is 11.7 Å². The lowest BCUT2D eigenvalue weighted by Gasteiger charge is -2.43. The van der Waals surface area contributed by atoms with Crippen molar-refractivity contribution in [2.24, 2.45) is 0 Å². The Morgan fingerprint density at radius 3 is 2.08 bits per heavy atom. The molecular weight excluding hydrogens is 296 g/mol. The van der Waals surface area contributed by atoms with Crippen molar-refractivity contribution in [1.82, 2.24) is 5.32 Å². The van der Waals surface area contributed by atoms with Gasteiger partial charge in [-0.25, -0.2) is 4.79 Å². The average molecular weight is 322 g/mol. The van der Waals surface area contributed by atoms with Gasteiger partial charge in [0.15, 0.2) is 0 Å². The first kappa shape index (κ1) is 16.6. The molecule has 0 spiro atoms. The Morgan fingerprint density at radius 2 is 1.58 bits per heavy atom. The first-order valence-electron chi connectivity index (χ1n) is 8.64. The van der Waals surface area contributed by atoms with E-state index in [9.17, 15) is 4.79 Å². The molecule has 0 radical (unpaired) electrons. The predicted molar refractivity (Wildman–Crippen MR) is 99.3 cm³/mol. The molecule has 2 N–H and O–H groups in total. The van der Waals surface area contributed by atoms with E-state index in [0.717, 1.165) is 24.9 Å². The molecule has 1 saturated carbocycles. The summed E-state index contributed by atoms with van der Waals surface area (Å²) in [5, 5.41) is 6.15. The second-order valence-corrected chi connectivity index (χ2v) is 7.71. The number of nitrogens with one attached hydrogen (secondary N) is 2. The molecule has 0 aromatic heterocycles. The number of anilines is 1. The molecule has 24 heavy (non-hydrogen) atoms. The summed E-state index contributed by atoms with van der Waals surface area (Å²) in [5.41, 5.74) is 3.17. The molecular formula is C21H26N2O. The second-order valence-electron chi connectivity index (χ2n) is 7.71. The summed E-state index contributed by atoms with van der Waals surface area (Å²) in [6.07, 6.45) is 3.14. The van der Waals surface area contributed by atoms with Gasteiger partial charge in [0.2, 0.25) is 0 Å². The molecule has 0 saturated heterocycles. The quantitative estimate of drug-likeness (QED) is 0.802. The minimum atomic E-state index is -0.212. The summed E-state index contributed by atoms with van der Waals surface area (Å²) in [6, 6.07) is 18.2. The third-order valence-corrected chi connectivity index (χ3v) is 4.90. The Morgan fingerprint density at radius 1 is 0.958 bits per heavy atom. The van der Waals surface area contributed by atoms with Crippen LogP contribution >= 0.6 is 0 Å². The highest BCUT2D eigenvalue weighted by atomic mass is 16.2. The fourth-order valence-corrected chi connectivity index (χ4v) is 3.21. The van der Waals surface area contributed by atoms with Crippen LogP contribution < -0.4 is 10.6 Å². The largest absolute Gasteiger partial charge is 0.328 e. The number of benzene rings is 2. The van der Waals surface area contributed by atoms with Gasteiger partial charge in [0.25, 0.3) is 0 Å². The van der Waals surface area contributed by atoms with Crippen LogP contribution in [-0.4, -0.2) is 6.03 Å². The van der Waals surface area contributed by atoms with E-state index in [2.05, 4.69) is 55.7 Å². The summed E-state index contributed by atoms with van der Waals surface area (Å²) in [7, 11) is 0. The predicted octanol–water partition coefficient (Wildman–Crippen LogP) is 5.19. The van der Waals surface area contributed by atoms with Crippen molar-refractivity contribution in [2.75, 3.05) is 5.32 Å². The van der Waals surface area contributed by atoms with Gasteiger partial charge in [0, 0.05) is 5.69 Å². The maximum absolute atomic E-state index is 12.5. The fraction of sp³-hybridized carbons (Fsp3) is 0.381. The highest BCUT2D eigenvalue weighted by molar-refractivity contribution is 5.90. The molecule has 2 amide bonds. The Kier molecular flexibility index (Phi) is 4.35. The van der Waals surface area contributed by atoms with Crippen LogP contribution in [0.1, 0.15) is 51.2 Å². The topological polar surface area (TPSA) is 41.1 Å². The van der Waals surface area contributed by atoms with E-state index in [-0.39, 0.29) is 17.0 Å². The first-order chi connectivity index (χ1) is 11.4. The number of hydrogen-bond acceptors (Lipinski definition) is 1. The van der Waals surface area contributed by atoms with E-state index < -0.39 is 0 Å². The molecule has 3 nitrogen and oxygen atoms in total. The summed E-state index contributed by atoms with van der Waals surface area (Å²) < 4.78 is 0. The van der Waals surface area contributed by atoms with E-state index in [0.29, 0.717) is 0 Å². The van der Waals surface area contributed by atoms with Gasteiger partial charge >= 0.3 is 6.03 Å². The SMILES string of the molecule is CC(C)(C)c1ccc(NC(=O)NC2(c3ccccc3)CCC2)cc1. The summed E-state index contributed by atoms with van der Waals surface area (Å²) >= 11 is 0. The van der Waals surface area contributed by atoms with E-state index in [4.69, 9.17) is 0 Å². The maximum Gasteiger partial charge on any atom is 0.319 e. The van der Waals surface area contributed by atoms with Gasteiger partial charge in [-0.1, -0.05) is 63.2 Å². The minimum Gasteiger partial charge on any atom is -0.328 e. The van der Waals surface area contributed by atoms with Crippen LogP contribution in [0.3, 0.4) is 0 Å². The van der Waals surface area contributed by atoms with Gasteiger partial charge in [0.1, 0.15) is 0 Å². The van der Waals surface area contributed by atoms with Crippen LogP contribution in [0.15, 0.2) is 54.6 Å². The normalized spacial score (nSPS) is 16.1. The van der Waals surface area contributed by atoms with E-state index in [1.165, 1.54) is 11.1 Å². The van der Waals surface area contributed by atoms with Crippen LogP contribution in [0.4, 0.5) is 10.5 Å². The molecule has 0 unspecified atom stereocenters. The zero-order valence-corrected chi connectivity index (χ0v) is 14.7. The number of urea groups is 1. The molecule has 0 atom stereocenters. The molecule has 126 valence electrons. The summed E-state index contributed by atoms with van der Waals surface area (Å²) in [5.74, 6) is 0. The molecule has 1 fully saturated rings. The van der Waals surface area contributed by atoms with E-state index in [1.54, 1.807) is 0 Å². The van der Waals surface area contributed by atoms with Crippen molar-refractivity contribution < 1.29 is 4.79 Å². The highest BCUT2D eigenvalue weighted by Gasteiger charge is 2.39. The van der Waals surface area contributed by atoms with Crippen molar-refractivity contribution in [3.05, 3.63) is 65.7 Å². The van der Waals surface area contributed by atoms with Gasteiger partial charge in [-0.3, -0.25) is 0 Å². The third kappa shape index (κ3) is 3.45. The van der Waals surface area contributed by atoms with E-state index >= 15 is 0 Å². The molecule has 0 heterocycles. The number of amides is 2. The smallest absolute Gasteiger partial charge is 0.319 e. The number of carbonyl (C=O) groups excluding carboxylic acids is 1. The monoisotopic (exact) mass is 322 g/mol. The molecule has 0 aliphatic heterocycles. The van der Waals surface area contributed by atoms with Crippen molar-refractivity contribution in [1.29, 1.82) is 0 Å². The molecule has 0 bridgehead atoms. The van der Waals surface area contributed by atoms with Crippen LogP contribution in [0.2, 0.25) is 0 Å². The maximum atomic E-state index is 12.5. The van der Waals surface area contributed by atoms with Gasteiger partial charge in [-0.05, 0) is 47.9 Å². The van der Waals surface area contributed by atoms with Crippen molar-refractivity contribution in [2.45, 2.75) is 51.0 Å². The average Bonchev–Trinajstić information content (AvgIpc) is 2.51. The molecule has 1 aliphatic carbocycles. The third-order valence-electron chi connectivity index (χ3n) is 4.90. The summed E-state index contributed by atoms with van der Waals surface area (Å²) in [4.78, 5) is 12.5. The highest BCUT2D eigenvalue weighted by Crippen LogP contribution is 2.41. The lowest BCUT2D eigenvalue weighted by Crippen LogP contribution is -2.52. The number of carbonyl (C=O) groups is 1. The van der Waals surface area contributed by atoms with Gasteiger partial charge in [-0.15, -0.1) is 0 Å². The van der Waals surface area contributed by atoms with E-state index in [1.807, 2.05) is 30.3 Å². The van der Waals surface area contributed by atoms with Crippen molar-refractivity contribution in [3.63, 3.8) is 0 Å². The molecule has 1 aliphatic rings. The zero-order valence-electron chi connectivity index (χ0n) is 14.7. The van der Waals surface area contributed by atoms with Crippen LogP contribution in [0.5, 0.6) is 0 Å². The minimum absolute atomic E-state index is 0.115. The standard InChI is InChI=1S/C21H26N2O/c1-20(2,3)16-10-12-18(13-11-16)22-19(24)23-21(14-7-15-21)17-8-5-4-6-9-17/h4-6,8-13H,7,14-15H2,1-3H3,(H2,22,23,24). The van der Waals surface area contributed by atoms with Crippen LogP contribution in [0, 0.1) is 0 Å². The second kappa shape index (κ2) is 6.31. The molecule has 2 aromatic carbocycles. The van der Waals surface area contributed by atoms with Gasteiger partial charge < -0.3 is 10.6 Å². The Labute approximate surface area is 144 Å². The van der Waals surface area contributed by atoms with Gasteiger partial charge in [-0.2, -0.15) is 0 Å². The van der Waals surface area contributed by atoms with Crippen LogP contribution in [0.25, 0.3) is 0 Å². The van der Waals surface area contributed by atoms with Gasteiger partial charge in [0.05, 0.1) is 5.54 Å². The Bertz CT molecular complexity index is 695. The molecule has 2 aromatic rings. The Balaban J connectivity index is 1.67. The summed E-state index contributed by atoms with van der Waals surface area (Å²) in [6.45, 7) is 6.55. The van der Waals surface area contributed by atoms with Crippen molar-refractivity contribution in [3.8, 4) is 0 Å². The fourth-order valence-electron chi connectivity index (χ4n) is 3.21. The molecule has 3 heteroatoms. The van der Waals surface area contributed by atoms with Crippen LogP contribution in [-0.2, 0) is 11.0 Å². The lowest BCUT2D eigenvalue weighted by atomic mass is 9.72. The number of rotatable bonds is 3. The molecule has 3 rings (SSSR count). The Hall–Kier alpha value is -2.29. The number of hydrogen-bond donors (Lipinski definition) is 2. The first-order valence-corrected chi connectivity index (χ1v) is 8.64.